The number of nitrogens with zero attached hydrogens (tertiary/aromatic N) is 2. The minimum atomic E-state index is -0.235. The van der Waals surface area contributed by atoms with E-state index in [4.69, 9.17) is 4.74 Å². The molecule has 154 valence electrons. The fourth-order valence-corrected chi connectivity index (χ4v) is 3.93. The maximum Gasteiger partial charge on any atom is 0.258 e. The number of morpholine rings is 1. The fourth-order valence-electron chi connectivity index (χ4n) is 3.93. The van der Waals surface area contributed by atoms with Crippen LogP contribution in [0.25, 0.3) is 0 Å². The van der Waals surface area contributed by atoms with Crippen LogP contribution in [0.2, 0.25) is 0 Å². The van der Waals surface area contributed by atoms with Gasteiger partial charge in [-0.15, -0.1) is 0 Å². The van der Waals surface area contributed by atoms with Crippen LogP contribution < -0.4 is 5.32 Å². The highest BCUT2D eigenvalue weighted by molar-refractivity contribution is 5.97. The molecular weight excluding hydrogens is 370 g/mol. The number of hydrogen-bond donors (Lipinski definition) is 3. The Bertz CT molecular complexity index is 909. The van der Waals surface area contributed by atoms with E-state index < -0.39 is 0 Å². The first kappa shape index (κ1) is 19.5. The minimum Gasteiger partial charge on any atom is -0.508 e. The Morgan fingerprint density at radius 3 is 2.72 bits per heavy atom. The van der Waals surface area contributed by atoms with E-state index in [1.54, 1.807) is 11.8 Å². The lowest BCUT2D eigenvalue weighted by molar-refractivity contribution is 0.0398. The molecule has 0 atom stereocenters. The lowest BCUT2D eigenvalue weighted by Crippen LogP contribution is -2.39. The maximum absolute atomic E-state index is 13.0. The number of fused-ring (bicyclic) bond motifs is 1. The highest BCUT2D eigenvalue weighted by Crippen LogP contribution is 2.33. The standard InChI is InChI=1S/C22H27N3O4/c1-15-11-17(21(27)12-20(15)26)22(28)25-13-16-3-2-4-19(18(16)14-25)23-5-6-24-7-9-29-10-8-24/h2-4,11-12,23,26-27H,5-10,13-14H2,1H3. The molecule has 0 saturated carbocycles. The van der Waals surface area contributed by atoms with E-state index in [9.17, 15) is 15.0 Å². The van der Waals surface area contributed by atoms with Crippen molar-refractivity contribution in [1.29, 1.82) is 0 Å². The molecule has 1 saturated heterocycles. The summed E-state index contributed by atoms with van der Waals surface area (Å²) in [5.41, 5.74) is 4.07. The van der Waals surface area contributed by atoms with E-state index in [0.717, 1.165) is 56.2 Å². The molecule has 1 amide bonds. The van der Waals surface area contributed by atoms with Crippen LogP contribution >= 0.6 is 0 Å². The third-order valence-corrected chi connectivity index (χ3v) is 5.66. The number of amides is 1. The first-order valence-corrected chi connectivity index (χ1v) is 9.99. The predicted molar refractivity (Wildman–Crippen MR) is 110 cm³/mol. The van der Waals surface area contributed by atoms with Gasteiger partial charge in [0.1, 0.15) is 11.5 Å². The van der Waals surface area contributed by atoms with Crippen molar-refractivity contribution < 1.29 is 19.7 Å². The summed E-state index contributed by atoms with van der Waals surface area (Å²) in [6.07, 6.45) is 0. The fraction of sp³-hybridized carbons (Fsp3) is 0.409. The van der Waals surface area contributed by atoms with Crippen LogP contribution in [-0.2, 0) is 17.8 Å². The zero-order valence-electron chi connectivity index (χ0n) is 16.6. The number of carbonyl (C=O) groups is 1. The van der Waals surface area contributed by atoms with Crippen molar-refractivity contribution in [3.63, 3.8) is 0 Å². The van der Waals surface area contributed by atoms with Gasteiger partial charge in [-0.1, -0.05) is 12.1 Å². The Morgan fingerprint density at radius 2 is 1.93 bits per heavy atom. The smallest absolute Gasteiger partial charge is 0.258 e. The van der Waals surface area contributed by atoms with Gasteiger partial charge in [-0.2, -0.15) is 0 Å². The molecule has 2 aliphatic heterocycles. The van der Waals surface area contributed by atoms with E-state index in [2.05, 4.69) is 10.2 Å². The topological polar surface area (TPSA) is 85.3 Å². The number of ether oxygens (including phenoxy) is 1. The van der Waals surface area contributed by atoms with Gasteiger partial charge in [-0.25, -0.2) is 0 Å². The van der Waals surface area contributed by atoms with Gasteiger partial charge in [0.2, 0.25) is 0 Å². The number of aryl methyl sites for hydroxylation is 1. The molecule has 2 heterocycles. The lowest BCUT2D eigenvalue weighted by Gasteiger charge is -2.26. The summed E-state index contributed by atoms with van der Waals surface area (Å²) in [6.45, 7) is 8.02. The normalized spacial score (nSPS) is 16.7. The maximum atomic E-state index is 13.0. The third kappa shape index (κ3) is 4.16. The third-order valence-electron chi connectivity index (χ3n) is 5.66. The summed E-state index contributed by atoms with van der Waals surface area (Å²) in [5, 5.41) is 23.4. The first-order chi connectivity index (χ1) is 14.0. The van der Waals surface area contributed by atoms with Crippen molar-refractivity contribution in [2.45, 2.75) is 20.0 Å². The summed E-state index contributed by atoms with van der Waals surface area (Å²) in [6, 6.07) is 8.86. The van der Waals surface area contributed by atoms with Gasteiger partial charge in [0.25, 0.3) is 5.91 Å². The Kier molecular flexibility index (Phi) is 5.60. The molecule has 0 bridgehead atoms. The van der Waals surface area contributed by atoms with Crippen LogP contribution in [-0.4, -0.2) is 65.3 Å². The van der Waals surface area contributed by atoms with Crippen molar-refractivity contribution in [2.24, 2.45) is 0 Å². The number of carbonyl (C=O) groups excluding carboxylic acids is 1. The highest BCUT2D eigenvalue weighted by Gasteiger charge is 2.28. The minimum absolute atomic E-state index is 0.0180. The Balaban J connectivity index is 1.43. The summed E-state index contributed by atoms with van der Waals surface area (Å²) >= 11 is 0. The van der Waals surface area contributed by atoms with E-state index in [1.807, 2.05) is 18.2 Å². The molecule has 0 aliphatic carbocycles. The Hall–Kier alpha value is -2.77. The van der Waals surface area contributed by atoms with Crippen LogP contribution in [0.5, 0.6) is 11.5 Å². The summed E-state index contributed by atoms with van der Waals surface area (Å²) in [4.78, 5) is 17.1. The van der Waals surface area contributed by atoms with E-state index in [-0.39, 0.29) is 23.0 Å². The quantitative estimate of drug-likeness (QED) is 0.718. The second-order valence-corrected chi connectivity index (χ2v) is 7.64. The van der Waals surface area contributed by atoms with Gasteiger partial charge < -0.3 is 25.2 Å². The number of benzene rings is 2. The zero-order chi connectivity index (χ0) is 20.4. The molecule has 0 unspecified atom stereocenters. The number of phenolic OH excluding ortho intramolecular Hbond substituents is 2. The molecule has 7 heteroatoms. The van der Waals surface area contributed by atoms with Crippen molar-refractivity contribution in [3.8, 4) is 11.5 Å². The molecule has 7 nitrogen and oxygen atoms in total. The molecule has 2 aromatic carbocycles. The summed E-state index contributed by atoms with van der Waals surface area (Å²) in [5.74, 6) is -0.450. The van der Waals surface area contributed by atoms with Crippen LogP contribution in [0, 0.1) is 6.92 Å². The number of phenols is 2. The molecule has 0 radical (unpaired) electrons. The van der Waals surface area contributed by atoms with Crippen molar-refractivity contribution >= 4 is 11.6 Å². The molecule has 29 heavy (non-hydrogen) atoms. The monoisotopic (exact) mass is 397 g/mol. The number of anilines is 1. The van der Waals surface area contributed by atoms with Crippen LogP contribution in [0.3, 0.4) is 0 Å². The molecule has 2 aliphatic rings. The largest absolute Gasteiger partial charge is 0.508 e. The number of nitrogens with one attached hydrogen (secondary N) is 1. The van der Waals surface area contributed by atoms with E-state index in [0.29, 0.717) is 18.7 Å². The van der Waals surface area contributed by atoms with Gasteiger partial charge in [0.15, 0.2) is 0 Å². The van der Waals surface area contributed by atoms with Crippen LogP contribution in [0.4, 0.5) is 5.69 Å². The second-order valence-electron chi connectivity index (χ2n) is 7.64. The molecule has 0 spiro atoms. The first-order valence-electron chi connectivity index (χ1n) is 9.99. The van der Waals surface area contributed by atoms with Crippen LogP contribution in [0.1, 0.15) is 27.0 Å². The Labute approximate surface area is 170 Å². The van der Waals surface area contributed by atoms with E-state index in [1.165, 1.54) is 12.1 Å². The average molecular weight is 397 g/mol. The zero-order valence-corrected chi connectivity index (χ0v) is 16.6. The summed E-state index contributed by atoms with van der Waals surface area (Å²) < 4.78 is 5.39. The van der Waals surface area contributed by atoms with Gasteiger partial charge in [0.05, 0.1) is 18.8 Å². The van der Waals surface area contributed by atoms with Gasteiger partial charge in [-0.05, 0) is 35.7 Å². The van der Waals surface area contributed by atoms with Crippen molar-refractivity contribution in [2.75, 3.05) is 44.7 Å². The summed E-state index contributed by atoms with van der Waals surface area (Å²) in [7, 11) is 0. The van der Waals surface area contributed by atoms with Crippen LogP contribution in [0.15, 0.2) is 30.3 Å². The number of rotatable bonds is 5. The van der Waals surface area contributed by atoms with Crippen molar-refractivity contribution in [1.82, 2.24) is 9.80 Å². The molecule has 3 N–H and O–H groups in total. The molecule has 2 aromatic rings. The molecule has 1 fully saturated rings. The number of aromatic hydroxyl groups is 2. The predicted octanol–water partition coefficient (Wildman–Crippen LogP) is 2.31. The molecule has 4 rings (SSSR count). The van der Waals surface area contributed by atoms with Crippen molar-refractivity contribution in [3.05, 3.63) is 52.6 Å². The second kappa shape index (κ2) is 8.31. The van der Waals surface area contributed by atoms with E-state index >= 15 is 0 Å². The average Bonchev–Trinajstić information content (AvgIpc) is 3.16. The molecular formula is C22H27N3O4. The Morgan fingerprint density at radius 1 is 1.14 bits per heavy atom. The number of hydrogen-bond acceptors (Lipinski definition) is 6. The lowest BCUT2D eigenvalue weighted by atomic mass is 10.1. The SMILES string of the molecule is Cc1cc(C(=O)N2Cc3cccc(NCCN4CCOCC4)c3C2)c(O)cc1O. The van der Waals surface area contributed by atoms with Gasteiger partial charge in [0, 0.05) is 51.0 Å². The van der Waals surface area contributed by atoms with Gasteiger partial charge in [-0.3, -0.25) is 9.69 Å². The molecule has 0 aromatic heterocycles. The van der Waals surface area contributed by atoms with Gasteiger partial charge >= 0.3 is 0 Å². The highest BCUT2D eigenvalue weighted by atomic mass is 16.5.